The number of aromatic nitrogens is 1. The van der Waals surface area contributed by atoms with Gasteiger partial charge in [0.2, 0.25) is 17.8 Å². The Kier molecular flexibility index (Phi) is 19.4. The summed E-state index contributed by atoms with van der Waals surface area (Å²) in [6, 6.07) is 9.42. The maximum absolute atomic E-state index is 12.0. The van der Waals surface area contributed by atoms with Crippen LogP contribution < -0.4 is 4.57 Å². The molecule has 1 aromatic heterocycles. The first-order valence-electron chi connectivity index (χ1n) is 8.21. The van der Waals surface area contributed by atoms with E-state index in [1.165, 1.54) is 10.6 Å². The fourth-order valence-electron chi connectivity index (χ4n) is 1.54. The van der Waals surface area contributed by atoms with Crippen LogP contribution >= 0.6 is 11.3 Å². The smallest absolute Gasteiger partial charge is 0.227 e. The third-order valence-electron chi connectivity index (χ3n) is 2.71. The predicted octanol–water partition coefficient (Wildman–Crippen LogP) is 6.25. The number of rotatable bonds is 3. The lowest BCUT2D eigenvalue weighted by atomic mass is 10.1. The van der Waals surface area contributed by atoms with E-state index in [1.54, 1.807) is 11.3 Å². The van der Waals surface area contributed by atoms with Gasteiger partial charge in [-0.25, -0.2) is 0 Å². The van der Waals surface area contributed by atoms with Crippen LogP contribution in [-0.4, -0.2) is 5.78 Å². The zero-order valence-corrected chi connectivity index (χ0v) is 16.3. The summed E-state index contributed by atoms with van der Waals surface area (Å²) in [7, 11) is 0. The van der Waals surface area contributed by atoms with Crippen LogP contribution in [0.5, 0.6) is 0 Å². The molecule has 2 nitrogen and oxygen atoms in total. The minimum atomic E-state index is 0. The number of aryl methyl sites for hydroxylation is 1. The molecule has 23 heavy (non-hydrogen) atoms. The number of carbonyl (C=O) groups excluding carboxylic acids is 1. The Bertz CT molecular complexity index is 504. The van der Waals surface area contributed by atoms with Gasteiger partial charge in [-0.3, -0.25) is 4.79 Å². The van der Waals surface area contributed by atoms with Gasteiger partial charge < -0.3 is 0 Å². The van der Waals surface area contributed by atoms with Crippen molar-refractivity contribution in [3.8, 4) is 0 Å². The molecule has 1 heterocycles. The molecule has 1 aromatic carbocycles. The SMILES string of the molecule is C.CC.CC.CC.Cc1sc[n+](CC(=O)c2ccccc2)c1C. The minimum absolute atomic E-state index is 0. The number of benzene rings is 1. The summed E-state index contributed by atoms with van der Waals surface area (Å²) in [4.78, 5) is 13.2. The summed E-state index contributed by atoms with van der Waals surface area (Å²) in [5.74, 6) is 0.159. The van der Waals surface area contributed by atoms with Crippen LogP contribution in [0.25, 0.3) is 0 Å². The van der Waals surface area contributed by atoms with Crippen molar-refractivity contribution in [2.75, 3.05) is 0 Å². The average molecular weight is 339 g/mol. The zero-order chi connectivity index (χ0) is 17.5. The number of hydrogen-bond acceptors (Lipinski definition) is 2. The quantitative estimate of drug-likeness (QED) is 0.478. The molecule has 0 fully saturated rings. The molecule has 0 unspecified atom stereocenters. The lowest BCUT2D eigenvalue weighted by Gasteiger charge is -1.97. The molecule has 2 aromatic rings. The van der Waals surface area contributed by atoms with Crippen molar-refractivity contribution >= 4 is 17.1 Å². The normalized spacial score (nSPS) is 8.00. The summed E-state index contributed by atoms with van der Waals surface area (Å²) < 4.78 is 2.01. The van der Waals surface area contributed by atoms with Gasteiger partial charge in [0.05, 0.1) is 4.88 Å². The molecule has 2 rings (SSSR count). The number of ketones is 1. The molecular weight excluding hydrogens is 302 g/mol. The topological polar surface area (TPSA) is 20.9 Å². The fourth-order valence-corrected chi connectivity index (χ4v) is 2.34. The monoisotopic (exact) mass is 338 g/mol. The molecule has 0 aliphatic heterocycles. The maximum atomic E-state index is 12.0. The van der Waals surface area contributed by atoms with E-state index >= 15 is 0 Å². The van der Waals surface area contributed by atoms with Gasteiger partial charge >= 0.3 is 0 Å². The lowest BCUT2D eigenvalue weighted by Crippen LogP contribution is -2.38. The van der Waals surface area contributed by atoms with Gasteiger partial charge in [-0.2, -0.15) is 4.57 Å². The molecule has 0 amide bonds. The number of Topliss-reactive ketones (excluding diaryl/α,β-unsaturated/α-hetero) is 1. The average Bonchev–Trinajstić information content (AvgIpc) is 2.93. The molecule has 0 aliphatic rings. The van der Waals surface area contributed by atoms with E-state index in [4.69, 9.17) is 0 Å². The molecule has 0 saturated heterocycles. The Balaban J connectivity index is -0.000000514. The van der Waals surface area contributed by atoms with Crippen molar-refractivity contribution in [1.82, 2.24) is 0 Å². The van der Waals surface area contributed by atoms with E-state index in [-0.39, 0.29) is 13.2 Å². The van der Waals surface area contributed by atoms with Crippen LogP contribution in [0, 0.1) is 13.8 Å². The summed E-state index contributed by atoms with van der Waals surface area (Å²) >= 11 is 1.68. The molecule has 0 radical (unpaired) electrons. The highest BCUT2D eigenvalue weighted by molar-refractivity contribution is 7.09. The van der Waals surface area contributed by atoms with Gasteiger partial charge in [-0.05, 0) is 6.92 Å². The van der Waals surface area contributed by atoms with E-state index in [0.29, 0.717) is 6.54 Å². The van der Waals surface area contributed by atoms with Crippen LogP contribution in [0.4, 0.5) is 0 Å². The fraction of sp³-hybridized carbons (Fsp3) is 0.500. The molecule has 0 atom stereocenters. The Morgan fingerprint density at radius 1 is 0.957 bits per heavy atom. The van der Waals surface area contributed by atoms with Gasteiger partial charge in [-0.1, -0.05) is 90.6 Å². The Morgan fingerprint density at radius 2 is 1.43 bits per heavy atom. The largest absolute Gasteiger partial charge is 0.287 e. The second-order valence-electron chi connectivity index (χ2n) is 3.78. The number of hydrogen-bond donors (Lipinski definition) is 0. The third-order valence-corrected chi connectivity index (χ3v) is 3.72. The van der Waals surface area contributed by atoms with E-state index in [1.807, 2.05) is 88.9 Å². The third kappa shape index (κ3) is 9.29. The van der Waals surface area contributed by atoms with E-state index in [0.717, 1.165) is 5.56 Å². The lowest BCUT2D eigenvalue weighted by molar-refractivity contribution is -0.684. The first-order valence-corrected chi connectivity index (χ1v) is 9.09. The van der Waals surface area contributed by atoms with Gasteiger partial charge in [0, 0.05) is 12.5 Å². The summed E-state index contributed by atoms with van der Waals surface area (Å²) in [6.07, 6.45) is 0. The molecule has 0 bridgehead atoms. The van der Waals surface area contributed by atoms with Crippen LogP contribution in [0.1, 0.15) is 69.9 Å². The van der Waals surface area contributed by atoms with Gasteiger partial charge in [0.1, 0.15) is 0 Å². The van der Waals surface area contributed by atoms with Crippen molar-refractivity contribution in [1.29, 1.82) is 0 Å². The minimum Gasteiger partial charge on any atom is -0.287 e. The maximum Gasteiger partial charge on any atom is 0.227 e. The molecule has 0 spiro atoms. The molecule has 0 N–H and O–H groups in total. The van der Waals surface area contributed by atoms with E-state index in [2.05, 4.69) is 6.92 Å². The van der Waals surface area contributed by atoms with Gasteiger partial charge in [-0.15, -0.1) is 0 Å². The Hall–Kier alpha value is -1.48. The number of nitrogens with zero attached hydrogens (tertiary/aromatic N) is 1. The van der Waals surface area contributed by atoms with Crippen LogP contribution in [-0.2, 0) is 6.54 Å². The van der Waals surface area contributed by atoms with Gasteiger partial charge in [0.15, 0.2) is 5.69 Å². The second kappa shape index (κ2) is 16.9. The van der Waals surface area contributed by atoms with Crippen LogP contribution in [0.2, 0.25) is 0 Å². The standard InChI is InChI=1S/C13H14NOS.3C2H6.CH4/c1-10-11(2)16-9-14(10)8-13(15)12-6-4-3-5-7-12;3*1-2;/h3-7,9H,8H2,1-2H3;3*1-2H3;1H4/q+1;;;;. The molecular formula is C20H36NOS+. The molecule has 3 heteroatoms. The summed E-state index contributed by atoms with van der Waals surface area (Å²) in [5, 5.41) is 0. The highest BCUT2D eigenvalue weighted by atomic mass is 32.1. The van der Waals surface area contributed by atoms with Gasteiger partial charge in [0.25, 0.3) is 0 Å². The molecule has 0 aliphatic carbocycles. The zero-order valence-electron chi connectivity index (χ0n) is 15.4. The molecule has 132 valence electrons. The van der Waals surface area contributed by atoms with Crippen LogP contribution in [0.3, 0.4) is 0 Å². The molecule has 0 saturated carbocycles. The first-order chi connectivity index (χ1) is 10.7. The highest BCUT2D eigenvalue weighted by Crippen LogP contribution is 2.08. The second-order valence-corrected chi connectivity index (χ2v) is 4.84. The van der Waals surface area contributed by atoms with Crippen LogP contribution in [0.15, 0.2) is 35.8 Å². The Morgan fingerprint density at radius 3 is 1.83 bits per heavy atom. The Labute approximate surface area is 148 Å². The van der Waals surface area contributed by atoms with Crippen molar-refractivity contribution < 1.29 is 9.36 Å². The summed E-state index contributed by atoms with van der Waals surface area (Å²) in [5.41, 5.74) is 3.96. The van der Waals surface area contributed by atoms with Crippen molar-refractivity contribution in [2.45, 2.75) is 69.4 Å². The number of thiazole rings is 1. The van der Waals surface area contributed by atoms with E-state index in [9.17, 15) is 4.79 Å². The van der Waals surface area contributed by atoms with Crippen molar-refractivity contribution in [2.24, 2.45) is 0 Å². The summed E-state index contributed by atoms with van der Waals surface area (Å²) in [6.45, 7) is 16.5. The predicted molar refractivity (Wildman–Crippen MR) is 106 cm³/mol. The first kappa shape index (κ1) is 26.4. The van der Waals surface area contributed by atoms with E-state index < -0.39 is 0 Å². The van der Waals surface area contributed by atoms with Crippen molar-refractivity contribution in [3.05, 3.63) is 52.0 Å². The highest BCUT2D eigenvalue weighted by Gasteiger charge is 2.16. The number of carbonyl (C=O) groups is 1. The van der Waals surface area contributed by atoms with Crippen molar-refractivity contribution in [3.63, 3.8) is 0 Å².